The van der Waals surface area contributed by atoms with Gasteiger partial charge in [-0.2, -0.15) is 5.10 Å². The van der Waals surface area contributed by atoms with Gasteiger partial charge in [0.15, 0.2) is 9.84 Å². The van der Waals surface area contributed by atoms with Crippen molar-refractivity contribution in [1.82, 2.24) is 25.9 Å². The molecule has 1 aromatic carbocycles. The molecule has 1 aromatic heterocycles. The van der Waals surface area contributed by atoms with Gasteiger partial charge in [0.2, 0.25) is 5.91 Å². The van der Waals surface area contributed by atoms with Crippen LogP contribution in [0.5, 0.6) is 0 Å². The fourth-order valence-corrected chi connectivity index (χ4v) is 4.83. The van der Waals surface area contributed by atoms with E-state index in [0.29, 0.717) is 12.2 Å². The standard InChI is InChI=1S/C19H24FN7O3S/c1-10-4-7-15(25-24-10)22-16-9-13(17-18(23-16)26-27(2)19(17)28)21-12-6-5-11(20)8-14(12)31(3,29)30/h4-8,13,16-18,21,23,26H,9H2,1-3H3,(H,22,25). The number of benzene rings is 1. The van der Waals surface area contributed by atoms with Gasteiger partial charge >= 0.3 is 0 Å². The zero-order valence-electron chi connectivity index (χ0n) is 17.3. The number of hydrazine groups is 1. The monoisotopic (exact) mass is 449 g/mol. The number of piperidine rings is 1. The second-order valence-electron chi connectivity index (χ2n) is 7.85. The Morgan fingerprint density at radius 2 is 1.97 bits per heavy atom. The van der Waals surface area contributed by atoms with Crippen molar-refractivity contribution >= 4 is 27.2 Å². The molecule has 4 unspecified atom stereocenters. The Morgan fingerprint density at radius 3 is 2.65 bits per heavy atom. The number of nitrogens with zero attached hydrogens (tertiary/aromatic N) is 3. The first-order valence-corrected chi connectivity index (χ1v) is 11.6. The molecule has 3 heterocycles. The van der Waals surface area contributed by atoms with E-state index in [1.807, 2.05) is 13.0 Å². The largest absolute Gasteiger partial charge is 0.380 e. The third kappa shape index (κ3) is 4.45. The average molecular weight is 450 g/mol. The van der Waals surface area contributed by atoms with Crippen molar-refractivity contribution in [3.8, 4) is 0 Å². The first kappa shape index (κ1) is 21.4. The van der Waals surface area contributed by atoms with Gasteiger partial charge in [0.1, 0.15) is 11.6 Å². The van der Waals surface area contributed by atoms with Crippen LogP contribution in [0, 0.1) is 18.7 Å². The molecule has 31 heavy (non-hydrogen) atoms. The summed E-state index contributed by atoms with van der Waals surface area (Å²) in [6.07, 6.45) is 0.777. The number of hydrogen-bond acceptors (Lipinski definition) is 9. The molecule has 2 fully saturated rings. The van der Waals surface area contributed by atoms with Crippen molar-refractivity contribution in [2.24, 2.45) is 5.92 Å². The van der Waals surface area contributed by atoms with Crippen LogP contribution in [0.25, 0.3) is 0 Å². The molecule has 0 saturated carbocycles. The lowest BCUT2D eigenvalue weighted by Crippen LogP contribution is -2.61. The number of rotatable bonds is 5. The Bertz CT molecular complexity index is 1100. The number of fused-ring (bicyclic) bond motifs is 1. The lowest BCUT2D eigenvalue weighted by molar-refractivity contribution is -0.131. The molecule has 0 aliphatic carbocycles. The minimum atomic E-state index is -3.68. The molecule has 1 amide bonds. The SMILES string of the molecule is Cc1ccc(NC2CC(Nc3ccc(F)cc3S(C)(=O)=O)C3C(=O)N(C)NC3N2)nn1. The van der Waals surface area contributed by atoms with Crippen LogP contribution in [-0.4, -0.2) is 61.2 Å². The summed E-state index contributed by atoms with van der Waals surface area (Å²) < 4.78 is 38.1. The molecule has 2 saturated heterocycles. The number of nitrogens with one attached hydrogen (secondary N) is 4. The zero-order valence-corrected chi connectivity index (χ0v) is 18.1. The zero-order chi connectivity index (χ0) is 22.3. The van der Waals surface area contributed by atoms with Crippen LogP contribution in [0.15, 0.2) is 35.2 Å². The number of sulfone groups is 1. The molecular formula is C19H24FN7O3S. The van der Waals surface area contributed by atoms with E-state index in [0.717, 1.165) is 18.0 Å². The van der Waals surface area contributed by atoms with Crippen molar-refractivity contribution in [3.63, 3.8) is 0 Å². The van der Waals surface area contributed by atoms with Crippen LogP contribution >= 0.6 is 0 Å². The molecule has 12 heteroatoms. The fraction of sp³-hybridized carbons (Fsp3) is 0.421. The highest BCUT2D eigenvalue weighted by Crippen LogP contribution is 2.31. The fourth-order valence-electron chi connectivity index (χ4n) is 3.98. The number of carbonyl (C=O) groups is 1. The molecule has 4 rings (SSSR count). The Labute approximate surface area is 179 Å². The second-order valence-corrected chi connectivity index (χ2v) is 9.84. The number of carbonyl (C=O) groups excluding carboxylic acids is 1. The topological polar surface area (TPSA) is 128 Å². The Hall–Kier alpha value is -2.83. The highest BCUT2D eigenvalue weighted by atomic mass is 32.2. The van der Waals surface area contributed by atoms with E-state index in [1.165, 1.54) is 17.1 Å². The van der Waals surface area contributed by atoms with E-state index >= 15 is 0 Å². The van der Waals surface area contributed by atoms with Crippen LogP contribution in [0.2, 0.25) is 0 Å². The van der Waals surface area contributed by atoms with E-state index in [4.69, 9.17) is 0 Å². The normalized spacial score (nSPS) is 25.9. The maximum absolute atomic E-state index is 13.7. The van der Waals surface area contributed by atoms with Gasteiger partial charge < -0.3 is 10.6 Å². The van der Waals surface area contributed by atoms with Gasteiger partial charge in [-0.05, 0) is 37.3 Å². The van der Waals surface area contributed by atoms with E-state index in [1.54, 1.807) is 13.1 Å². The first-order chi connectivity index (χ1) is 14.6. The third-order valence-electron chi connectivity index (χ3n) is 5.42. The molecule has 0 spiro atoms. The van der Waals surface area contributed by atoms with Crippen molar-refractivity contribution in [1.29, 1.82) is 0 Å². The molecule has 10 nitrogen and oxygen atoms in total. The van der Waals surface area contributed by atoms with Crippen molar-refractivity contribution < 1.29 is 17.6 Å². The molecule has 166 valence electrons. The summed E-state index contributed by atoms with van der Waals surface area (Å²) in [7, 11) is -2.05. The maximum Gasteiger partial charge on any atom is 0.244 e. The number of halogens is 1. The minimum absolute atomic E-state index is 0.133. The Kier molecular flexibility index (Phi) is 5.54. The van der Waals surface area contributed by atoms with Gasteiger partial charge in [-0.25, -0.2) is 18.2 Å². The highest BCUT2D eigenvalue weighted by Gasteiger charge is 2.48. The van der Waals surface area contributed by atoms with Gasteiger partial charge in [0, 0.05) is 25.8 Å². The van der Waals surface area contributed by atoms with Crippen LogP contribution in [0.1, 0.15) is 12.1 Å². The number of anilines is 2. The molecule has 2 aromatic rings. The number of hydrogen-bond donors (Lipinski definition) is 4. The van der Waals surface area contributed by atoms with Gasteiger partial charge in [-0.1, -0.05) is 0 Å². The summed E-state index contributed by atoms with van der Waals surface area (Å²) in [6, 6.07) is 6.76. The summed E-state index contributed by atoms with van der Waals surface area (Å²) in [5.41, 5.74) is 4.12. The lowest BCUT2D eigenvalue weighted by atomic mass is 9.88. The lowest BCUT2D eigenvalue weighted by Gasteiger charge is -2.38. The van der Waals surface area contributed by atoms with Crippen LogP contribution in [-0.2, 0) is 14.6 Å². The predicted octanol–water partition coefficient (Wildman–Crippen LogP) is 0.459. The summed E-state index contributed by atoms with van der Waals surface area (Å²) in [4.78, 5) is 12.6. The summed E-state index contributed by atoms with van der Waals surface area (Å²) >= 11 is 0. The Balaban J connectivity index is 1.62. The van der Waals surface area contributed by atoms with Gasteiger partial charge in [-0.3, -0.25) is 15.1 Å². The molecule has 4 atom stereocenters. The van der Waals surface area contributed by atoms with E-state index in [9.17, 15) is 17.6 Å². The molecule has 0 bridgehead atoms. The van der Waals surface area contributed by atoms with Crippen molar-refractivity contribution in [2.75, 3.05) is 23.9 Å². The average Bonchev–Trinajstić information content (AvgIpc) is 2.98. The second kappa shape index (κ2) is 8.02. The van der Waals surface area contributed by atoms with Gasteiger partial charge in [0.25, 0.3) is 0 Å². The van der Waals surface area contributed by atoms with Crippen LogP contribution < -0.4 is 21.4 Å². The van der Waals surface area contributed by atoms with E-state index < -0.39 is 27.6 Å². The molecular weight excluding hydrogens is 425 g/mol. The van der Waals surface area contributed by atoms with Crippen LogP contribution in [0.4, 0.5) is 15.9 Å². The minimum Gasteiger partial charge on any atom is -0.380 e. The smallest absolute Gasteiger partial charge is 0.244 e. The van der Waals surface area contributed by atoms with Crippen LogP contribution in [0.3, 0.4) is 0 Å². The highest BCUT2D eigenvalue weighted by molar-refractivity contribution is 7.90. The van der Waals surface area contributed by atoms with Gasteiger partial charge in [-0.15, -0.1) is 5.10 Å². The van der Waals surface area contributed by atoms with E-state index in [-0.39, 0.29) is 28.8 Å². The molecule has 4 N–H and O–H groups in total. The Morgan fingerprint density at radius 1 is 1.19 bits per heavy atom. The van der Waals surface area contributed by atoms with Crippen molar-refractivity contribution in [2.45, 2.75) is 36.6 Å². The summed E-state index contributed by atoms with van der Waals surface area (Å²) in [6.45, 7) is 1.84. The summed E-state index contributed by atoms with van der Waals surface area (Å²) in [5, 5.41) is 19.3. The number of aromatic nitrogens is 2. The number of amides is 1. The van der Waals surface area contributed by atoms with Crippen molar-refractivity contribution in [3.05, 3.63) is 41.8 Å². The maximum atomic E-state index is 13.7. The predicted molar refractivity (Wildman–Crippen MR) is 112 cm³/mol. The summed E-state index contributed by atoms with van der Waals surface area (Å²) in [5.74, 6) is -0.710. The third-order valence-corrected chi connectivity index (χ3v) is 6.55. The molecule has 2 aliphatic rings. The number of aryl methyl sites for hydroxylation is 1. The quantitative estimate of drug-likeness (QED) is 0.515. The molecule has 0 radical (unpaired) electrons. The first-order valence-electron chi connectivity index (χ1n) is 9.74. The molecule has 2 aliphatic heterocycles. The van der Waals surface area contributed by atoms with E-state index in [2.05, 4.69) is 31.6 Å². The van der Waals surface area contributed by atoms with Gasteiger partial charge in [0.05, 0.1) is 34.5 Å².